The molecule has 1 heterocycles. The van der Waals surface area contributed by atoms with Crippen molar-refractivity contribution in [2.24, 2.45) is 11.8 Å². The summed E-state index contributed by atoms with van der Waals surface area (Å²) in [5, 5.41) is 8.00. The maximum absolute atomic E-state index is 13.1. The maximum atomic E-state index is 13.1. The average molecular weight is 476 g/mol. The first-order valence-corrected chi connectivity index (χ1v) is 11.5. The van der Waals surface area contributed by atoms with E-state index in [9.17, 15) is 9.59 Å². The summed E-state index contributed by atoms with van der Waals surface area (Å²) >= 11 is 17.6. The Kier molecular flexibility index (Phi) is 6.80. The van der Waals surface area contributed by atoms with E-state index in [1.807, 2.05) is 36.4 Å². The summed E-state index contributed by atoms with van der Waals surface area (Å²) in [6.45, 7) is 0.801. The van der Waals surface area contributed by atoms with Gasteiger partial charge in [0.05, 0.1) is 12.5 Å². The summed E-state index contributed by atoms with van der Waals surface area (Å²) in [5.74, 6) is -0.318. The van der Waals surface area contributed by atoms with Crippen LogP contribution in [0, 0.1) is 11.8 Å². The minimum Gasteiger partial charge on any atom is -0.359 e. The number of amides is 2. The quantitative estimate of drug-likeness (QED) is 0.632. The van der Waals surface area contributed by atoms with Crippen LogP contribution in [0.4, 0.5) is 0 Å². The Bertz CT molecular complexity index is 999. The van der Waals surface area contributed by atoms with Crippen LogP contribution in [0.5, 0.6) is 0 Å². The fraction of sp³-hybridized carbons (Fsp3) is 0.348. The van der Waals surface area contributed by atoms with Gasteiger partial charge in [-0.05, 0) is 60.8 Å². The maximum Gasteiger partial charge on any atom is 0.234 e. The van der Waals surface area contributed by atoms with Crippen LogP contribution >= 0.6 is 35.4 Å². The fourth-order valence-corrected chi connectivity index (χ4v) is 4.93. The molecule has 0 aromatic heterocycles. The average Bonchev–Trinajstić information content (AvgIpc) is 2.76. The molecule has 3 unspecified atom stereocenters. The monoisotopic (exact) mass is 475 g/mol. The molecule has 2 amide bonds. The molecule has 31 heavy (non-hydrogen) atoms. The highest BCUT2D eigenvalue weighted by molar-refractivity contribution is 7.80. The number of fused-ring (bicyclic) bond motifs is 1. The van der Waals surface area contributed by atoms with Crippen LogP contribution in [0.25, 0.3) is 0 Å². The van der Waals surface area contributed by atoms with E-state index >= 15 is 0 Å². The van der Waals surface area contributed by atoms with Crippen molar-refractivity contribution in [2.75, 3.05) is 0 Å². The van der Waals surface area contributed by atoms with Gasteiger partial charge in [0.1, 0.15) is 0 Å². The minimum atomic E-state index is -0.174. The normalized spacial score (nSPS) is 23.2. The van der Waals surface area contributed by atoms with Crippen molar-refractivity contribution in [3.8, 4) is 0 Å². The predicted molar refractivity (Wildman–Crippen MR) is 126 cm³/mol. The van der Waals surface area contributed by atoms with E-state index in [1.54, 1.807) is 17.0 Å². The molecule has 0 bridgehead atoms. The van der Waals surface area contributed by atoms with Crippen molar-refractivity contribution in [2.45, 2.75) is 38.4 Å². The molecule has 2 fully saturated rings. The van der Waals surface area contributed by atoms with E-state index in [1.165, 1.54) is 0 Å². The lowest BCUT2D eigenvalue weighted by Crippen LogP contribution is -2.61. The number of carbonyl (C=O) groups is 2. The van der Waals surface area contributed by atoms with Gasteiger partial charge in [-0.3, -0.25) is 14.5 Å². The third kappa shape index (κ3) is 5.03. The summed E-state index contributed by atoms with van der Waals surface area (Å²) in [7, 11) is 0. The van der Waals surface area contributed by atoms with Crippen LogP contribution in [-0.4, -0.2) is 27.9 Å². The highest BCUT2D eigenvalue weighted by Gasteiger charge is 2.44. The van der Waals surface area contributed by atoms with Crippen molar-refractivity contribution >= 4 is 52.3 Å². The Morgan fingerprint density at radius 2 is 1.87 bits per heavy atom. The fourth-order valence-electron chi connectivity index (χ4n) is 4.29. The third-order valence-corrected chi connectivity index (χ3v) is 6.98. The van der Waals surface area contributed by atoms with E-state index in [4.69, 9.17) is 35.4 Å². The molecule has 2 aliphatic rings. The third-order valence-electron chi connectivity index (χ3n) is 6.02. The largest absolute Gasteiger partial charge is 0.359 e. The molecule has 3 atom stereocenters. The zero-order valence-electron chi connectivity index (χ0n) is 16.8. The van der Waals surface area contributed by atoms with Gasteiger partial charge in [0, 0.05) is 28.5 Å². The van der Waals surface area contributed by atoms with Crippen LogP contribution in [-0.2, 0) is 22.7 Å². The molecule has 2 N–H and O–H groups in total. The first-order chi connectivity index (χ1) is 14.9. The number of thiocarbonyl (C=S) groups is 1. The van der Waals surface area contributed by atoms with Gasteiger partial charge in [-0.2, -0.15) is 0 Å². The van der Waals surface area contributed by atoms with Gasteiger partial charge in [-0.25, -0.2) is 0 Å². The number of nitrogens with one attached hydrogen (secondary N) is 2. The summed E-state index contributed by atoms with van der Waals surface area (Å²) in [5.41, 5.74) is 1.85. The van der Waals surface area contributed by atoms with Crippen LogP contribution < -0.4 is 10.6 Å². The minimum absolute atomic E-state index is 0.0119. The molecule has 162 valence electrons. The molecule has 1 saturated heterocycles. The number of halogens is 2. The topological polar surface area (TPSA) is 61.4 Å². The second-order valence-electron chi connectivity index (χ2n) is 8.03. The van der Waals surface area contributed by atoms with Gasteiger partial charge in [-0.1, -0.05) is 53.5 Å². The van der Waals surface area contributed by atoms with Crippen LogP contribution in [0.3, 0.4) is 0 Å². The first kappa shape index (κ1) is 22.1. The molecule has 2 aromatic carbocycles. The van der Waals surface area contributed by atoms with E-state index in [0.717, 1.165) is 11.1 Å². The molecular weight excluding hydrogens is 453 g/mol. The van der Waals surface area contributed by atoms with Gasteiger partial charge in [0.15, 0.2) is 5.11 Å². The second-order valence-corrected chi connectivity index (χ2v) is 9.26. The molecule has 1 aliphatic heterocycles. The lowest BCUT2D eigenvalue weighted by molar-refractivity contribution is -0.138. The molecule has 4 rings (SSSR count). The summed E-state index contributed by atoms with van der Waals surface area (Å²) in [6, 6.07) is 14.7. The molecule has 8 heteroatoms. The molecule has 5 nitrogen and oxygen atoms in total. The Morgan fingerprint density at radius 3 is 2.61 bits per heavy atom. The Hall–Kier alpha value is -2.15. The van der Waals surface area contributed by atoms with E-state index < -0.39 is 0 Å². The number of nitrogens with zero attached hydrogens (tertiary/aromatic N) is 1. The van der Waals surface area contributed by atoms with Gasteiger partial charge in [0.25, 0.3) is 0 Å². The highest BCUT2D eigenvalue weighted by atomic mass is 35.5. The van der Waals surface area contributed by atoms with Gasteiger partial charge >= 0.3 is 0 Å². The number of hydrogen-bond donors (Lipinski definition) is 2. The summed E-state index contributed by atoms with van der Waals surface area (Å²) < 4.78 is 0. The zero-order chi connectivity index (χ0) is 22.0. The number of rotatable bonds is 5. The zero-order valence-corrected chi connectivity index (χ0v) is 19.1. The summed E-state index contributed by atoms with van der Waals surface area (Å²) in [4.78, 5) is 27.5. The smallest absolute Gasteiger partial charge is 0.234 e. The number of benzene rings is 2. The van der Waals surface area contributed by atoms with Crippen LogP contribution in [0.1, 0.15) is 30.4 Å². The van der Waals surface area contributed by atoms with Crippen molar-refractivity contribution in [3.05, 3.63) is 69.7 Å². The van der Waals surface area contributed by atoms with Crippen molar-refractivity contribution < 1.29 is 9.59 Å². The van der Waals surface area contributed by atoms with Gasteiger partial charge in [-0.15, -0.1) is 0 Å². The Labute approximate surface area is 197 Å². The van der Waals surface area contributed by atoms with E-state index in [-0.39, 0.29) is 29.7 Å². The van der Waals surface area contributed by atoms with Crippen LogP contribution in [0.15, 0.2) is 48.5 Å². The van der Waals surface area contributed by atoms with Gasteiger partial charge in [0.2, 0.25) is 11.8 Å². The summed E-state index contributed by atoms with van der Waals surface area (Å²) in [6.07, 6.45) is 1.91. The van der Waals surface area contributed by atoms with E-state index in [2.05, 4.69) is 10.6 Å². The SMILES string of the molecule is O=C(NCc1ccccc1Cl)C1CCC2C(=O)N(Cc3ccc(Cl)cc3)C(=S)NC2C1. The van der Waals surface area contributed by atoms with Crippen LogP contribution in [0.2, 0.25) is 10.0 Å². The van der Waals surface area contributed by atoms with Crippen molar-refractivity contribution in [1.29, 1.82) is 0 Å². The molecule has 0 radical (unpaired) electrons. The second kappa shape index (κ2) is 9.55. The molecule has 1 saturated carbocycles. The van der Waals surface area contributed by atoms with Crippen molar-refractivity contribution in [3.63, 3.8) is 0 Å². The number of hydrogen-bond acceptors (Lipinski definition) is 3. The molecule has 1 aliphatic carbocycles. The standard InChI is InChI=1S/C23H23Cl2N3O2S/c24-17-8-5-14(6-9-17)13-28-22(30)18-10-7-15(11-20(18)27-23(28)31)21(29)26-12-16-3-1-2-4-19(16)25/h1-6,8-9,15,18,20H,7,10-13H2,(H,26,29)(H,27,31). The lowest BCUT2D eigenvalue weighted by Gasteiger charge is -2.43. The number of carbonyl (C=O) groups excluding carboxylic acids is 2. The van der Waals surface area contributed by atoms with Crippen molar-refractivity contribution in [1.82, 2.24) is 15.5 Å². The first-order valence-electron chi connectivity index (χ1n) is 10.3. The van der Waals surface area contributed by atoms with E-state index in [0.29, 0.717) is 47.5 Å². The lowest BCUT2D eigenvalue weighted by atomic mass is 9.76. The molecular formula is C23H23Cl2N3O2S. The Morgan fingerprint density at radius 1 is 1.13 bits per heavy atom. The van der Waals surface area contributed by atoms with Gasteiger partial charge < -0.3 is 10.6 Å². The predicted octanol–water partition coefficient (Wildman–Crippen LogP) is 4.31. The Balaban J connectivity index is 1.36. The molecule has 0 spiro atoms. The highest BCUT2D eigenvalue weighted by Crippen LogP contribution is 2.34. The molecule has 2 aromatic rings.